The van der Waals surface area contributed by atoms with Gasteiger partial charge < -0.3 is 35.0 Å². The number of Topliss-reactive ketones (excluding diaryl/α,β-unsaturated/α-hetero) is 1. The molecule has 0 aromatic carbocycles. The van der Waals surface area contributed by atoms with Crippen molar-refractivity contribution in [3.63, 3.8) is 0 Å². The zero-order valence-corrected chi connectivity index (χ0v) is 11.1. The smallest absolute Gasteiger partial charge is 0.218 e. The minimum absolute atomic E-state index is 0.0183. The Bertz CT molecular complexity index is 282. The van der Waals surface area contributed by atoms with Crippen LogP contribution in [0, 0.1) is 0 Å². The summed E-state index contributed by atoms with van der Waals surface area (Å²) in [5.74, 6) is -0.610. The van der Waals surface area contributed by atoms with E-state index < -0.39 is 26.3 Å². The molecular formula is C9H21N2O6P. The molecule has 0 fully saturated rings. The zero-order valence-electron chi connectivity index (χ0n) is 10.2. The summed E-state index contributed by atoms with van der Waals surface area (Å²) in [6.45, 7) is 0.760. The number of aliphatic hydroxyl groups excluding tert-OH is 1. The maximum atomic E-state index is 11.4. The fourth-order valence-electron chi connectivity index (χ4n) is 1.37. The highest BCUT2D eigenvalue weighted by atomic mass is 31.2. The first-order valence-corrected chi connectivity index (χ1v) is 7.31. The molecule has 0 bridgehead atoms. The van der Waals surface area contributed by atoms with E-state index in [9.17, 15) is 19.1 Å². The molecule has 0 saturated heterocycles. The third-order valence-electron chi connectivity index (χ3n) is 2.29. The quantitative estimate of drug-likeness (QED) is 0.258. The molecule has 108 valence electrons. The van der Waals surface area contributed by atoms with Crippen LogP contribution >= 0.6 is 7.82 Å². The van der Waals surface area contributed by atoms with Gasteiger partial charge in [0.2, 0.25) is 5.78 Å². The lowest BCUT2D eigenvalue weighted by Gasteiger charge is -2.31. The van der Waals surface area contributed by atoms with Crippen LogP contribution in [0.15, 0.2) is 0 Å². The number of hydrogen-bond acceptors (Lipinski definition) is 6. The van der Waals surface area contributed by atoms with E-state index in [-0.39, 0.29) is 6.54 Å². The van der Waals surface area contributed by atoms with Gasteiger partial charge in [-0.25, -0.2) is 0 Å². The van der Waals surface area contributed by atoms with Crippen molar-refractivity contribution >= 4 is 13.6 Å². The van der Waals surface area contributed by atoms with Crippen LogP contribution in [-0.2, 0) is 13.9 Å². The molecule has 6 N–H and O–H groups in total. The van der Waals surface area contributed by atoms with E-state index in [2.05, 4.69) is 10.3 Å². The summed E-state index contributed by atoms with van der Waals surface area (Å²) in [4.78, 5) is 32.1. The van der Waals surface area contributed by atoms with Crippen molar-refractivity contribution in [2.75, 3.05) is 26.2 Å². The van der Waals surface area contributed by atoms with Crippen LogP contribution in [0.4, 0.5) is 0 Å². The molecule has 0 unspecified atom stereocenters. The second kappa shape index (κ2) is 9.57. The maximum Gasteiger partial charge on any atom is 0.218 e. The normalized spacial score (nSPS) is 13.6. The topological polar surface area (TPSA) is 154 Å². The molecule has 0 aliphatic carbocycles. The third-order valence-corrected chi connectivity index (χ3v) is 2.80. The first-order chi connectivity index (χ1) is 8.40. The lowest BCUT2D eigenvalue weighted by atomic mass is 10.2. The summed E-state index contributed by atoms with van der Waals surface area (Å²) < 4.78 is 14.3. The molecule has 0 aromatic rings. The van der Waals surface area contributed by atoms with Gasteiger partial charge in [-0.3, -0.25) is 4.79 Å². The van der Waals surface area contributed by atoms with Gasteiger partial charge in [-0.1, -0.05) is 0 Å². The number of carbonyl (C=O) groups is 1. The fraction of sp³-hybridized carbons (Fsp3) is 0.889. The highest BCUT2D eigenvalue weighted by molar-refractivity contribution is 7.43. The van der Waals surface area contributed by atoms with E-state index >= 15 is 0 Å². The molecule has 0 saturated carbocycles. The van der Waals surface area contributed by atoms with Crippen molar-refractivity contribution in [2.45, 2.75) is 25.4 Å². The van der Waals surface area contributed by atoms with Crippen molar-refractivity contribution < 1.29 is 39.8 Å². The van der Waals surface area contributed by atoms with Gasteiger partial charge in [0, 0.05) is 0 Å². The van der Waals surface area contributed by atoms with E-state index in [4.69, 9.17) is 5.11 Å². The van der Waals surface area contributed by atoms with Gasteiger partial charge in [0.25, 0.3) is 0 Å². The van der Waals surface area contributed by atoms with Gasteiger partial charge in [-0.15, -0.1) is 0 Å². The minimum atomic E-state index is -5.25. The number of rotatable bonds is 11. The molecule has 0 spiro atoms. The Morgan fingerprint density at radius 3 is 2.56 bits per heavy atom. The number of aliphatic hydroxyl groups is 1. The lowest BCUT2D eigenvalue weighted by Crippen LogP contribution is -2.86. The zero-order chi connectivity index (χ0) is 14.0. The van der Waals surface area contributed by atoms with Gasteiger partial charge in [0.15, 0.2) is 0 Å². The van der Waals surface area contributed by atoms with E-state index in [1.165, 1.54) is 0 Å². The number of unbranched alkanes of at least 4 members (excludes halogenated alkanes) is 2. The lowest BCUT2D eigenvalue weighted by molar-refractivity contribution is -0.644. The maximum absolute atomic E-state index is 11.4. The largest absolute Gasteiger partial charge is 0.790 e. The summed E-state index contributed by atoms with van der Waals surface area (Å²) in [7, 11) is -5.25. The Labute approximate surface area is 106 Å². The Kier molecular flexibility index (Phi) is 9.39. The number of nitrogens with two attached hydrogens (primary N) is 1. The first kappa shape index (κ1) is 17.7. The molecule has 0 heterocycles. The number of carbonyl (C=O) groups excluding carboxylic acids is 1. The predicted molar refractivity (Wildman–Crippen MR) is 57.8 cm³/mol. The minimum Gasteiger partial charge on any atom is -0.790 e. The summed E-state index contributed by atoms with van der Waals surface area (Å²) in [6, 6.07) is 0. The second-order valence-electron chi connectivity index (χ2n) is 3.89. The second-order valence-corrected chi connectivity index (χ2v) is 4.99. The van der Waals surface area contributed by atoms with Gasteiger partial charge in [-0.05, 0) is 19.3 Å². The summed E-state index contributed by atoms with van der Waals surface area (Å²) in [6.07, 6.45) is 1.39. The highest BCUT2D eigenvalue weighted by Crippen LogP contribution is 2.26. The van der Waals surface area contributed by atoms with Crippen LogP contribution in [-0.4, -0.2) is 43.2 Å². The number of hydrogen-bond donors (Lipinski definition) is 3. The molecule has 9 heteroatoms. The van der Waals surface area contributed by atoms with Crippen molar-refractivity contribution in [1.82, 2.24) is 0 Å². The average molecular weight is 284 g/mol. The van der Waals surface area contributed by atoms with E-state index in [0.29, 0.717) is 0 Å². The van der Waals surface area contributed by atoms with Crippen molar-refractivity contribution in [3.05, 3.63) is 0 Å². The molecule has 0 radical (unpaired) electrons. The van der Waals surface area contributed by atoms with E-state index in [1.807, 2.05) is 0 Å². The highest BCUT2D eigenvalue weighted by Gasteiger charge is 2.20. The molecule has 1 atom stereocenters. The standard InChI is InChI=1S/C9H21N2O6P/c10-4-2-1-3-5-11-6-8(13)9(7-12)17-18(14,15)16/h9,11-12H,1-7,10H2,(H2,14,15,16)/t9-/m1/s1. The molecular weight excluding hydrogens is 263 g/mol. The van der Waals surface area contributed by atoms with Gasteiger partial charge in [0.05, 0.1) is 27.5 Å². The molecule has 8 nitrogen and oxygen atoms in total. The Hall–Kier alpha value is -0.340. The fourth-order valence-corrected chi connectivity index (χ4v) is 1.86. The van der Waals surface area contributed by atoms with Gasteiger partial charge >= 0.3 is 0 Å². The Morgan fingerprint density at radius 2 is 2.06 bits per heavy atom. The van der Waals surface area contributed by atoms with Crippen LogP contribution in [0.2, 0.25) is 0 Å². The number of phosphoric ester groups is 1. The van der Waals surface area contributed by atoms with Crippen molar-refractivity contribution in [1.29, 1.82) is 0 Å². The summed E-state index contributed by atoms with van der Waals surface area (Å²) in [5.41, 5.74) is 3.71. The Balaban J connectivity index is 3.81. The van der Waals surface area contributed by atoms with Crippen molar-refractivity contribution in [2.24, 2.45) is 0 Å². The third kappa shape index (κ3) is 9.67. The SMILES string of the molecule is [NH3+]CCCCC[NH2+]CC(=O)[C@@H](CO)OP(=O)([O-])[O-]. The van der Waals surface area contributed by atoms with Crippen LogP contribution in [0.1, 0.15) is 19.3 Å². The first-order valence-electron chi connectivity index (χ1n) is 5.85. The van der Waals surface area contributed by atoms with Crippen LogP contribution < -0.4 is 20.8 Å². The predicted octanol–water partition coefficient (Wildman–Crippen LogP) is -4.26. The van der Waals surface area contributed by atoms with Gasteiger partial charge in [0.1, 0.15) is 12.6 Å². The van der Waals surface area contributed by atoms with E-state index in [1.54, 1.807) is 5.32 Å². The summed E-state index contributed by atoms with van der Waals surface area (Å²) in [5, 5.41) is 10.5. The molecule has 0 amide bonds. The molecule has 18 heavy (non-hydrogen) atoms. The average Bonchev–Trinajstić information content (AvgIpc) is 2.29. The van der Waals surface area contributed by atoms with Crippen LogP contribution in [0.25, 0.3) is 0 Å². The number of quaternary nitrogens is 2. The molecule has 0 rings (SSSR count). The number of phosphoric acid groups is 1. The molecule has 0 aliphatic heterocycles. The monoisotopic (exact) mass is 284 g/mol. The molecule has 0 aliphatic rings. The number of ketones is 1. The van der Waals surface area contributed by atoms with Gasteiger partial charge in [-0.2, -0.15) is 0 Å². The van der Waals surface area contributed by atoms with E-state index in [0.717, 1.165) is 32.4 Å². The summed E-state index contributed by atoms with van der Waals surface area (Å²) >= 11 is 0. The van der Waals surface area contributed by atoms with Crippen LogP contribution in [0.3, 0.4) is 0 Å². The van der Waals surface area contributed by atoms with Crippen LogP contribution in [0.5, 0.6) is 0 Å². The van der Waals surface area contributed by atoms with Crippen molar-refractivity contribution in [3.8, 4) is 0 Å². The molecule has 0 aromatic heterocycles. The Morgan fingerprint density at radius 1 is 1.39 bits per heavy atom.